The Morgan fingerprint density at radius 3 is 2.72 bits per heavy atom. The van der Waals surface area contributed by atoms with Gasteiger partial charge in [0.1, 0.15) is 23.4 Å². The molecule has 1 saturated heterocycles. The summed E-state index contributed by atoms with van der Waals surface area (Å²) in [6.45, 7) is 6.86. The number of halogens is 2. The lowest BCUT2D eigenvalue weighted by Gasteiger charge is -2.36. The molecule has 0 bridgehead atoms. The third-order valence-corrected chi connectivity index (χ3v) is 5.16. The molecule has 0 radical (unpaired) electrons. The predicted molar refractivity (Wildman–Crippen MR) is 120 cm³/mol. The summed E-state index contributed by atoms with van der Waals surface area (Å²) in [6, 6.07) is 6.50. The molecule has 3 aromatic rings. The van der Waals surface area contributed by atoms with Crippen LogP contribution in [-0.4, -0.2) is 54.1 Å². The van der Waals surface area contributed by atoms with Gasteiger partial charge in [0.25, 0.3) is 0 Å². The minimum absolute atomic E-state index is 0. The van der Waals surface area contributed by atoms with Crippen LogP contribution in [0.15, 0.2) is 44.5 Å². The van der Waals surface area contributed by atoms with Gasteiger partial charge in [-0.2, -0.15) is 0 Å². The number of piperazine rings is 1. The Labute approximate surface area is 185 Å². The average molecular weight is 513 g/mol. The average Bonchev–Trinajstić information content (AvgIpc) is 3.32. The van der Waals surface area contributed by atoms with Crippen LogP contribution in [0.5, 0.6) is 0 Å². The predicted octanol–water partition coefficient (Wildman–Crippen LogP) is 3.38. The minimum Gasteiger partial charge on any atom is -0.459 e. The first kappa shape index (κ1) is 21.6. The number of furan rings is 1. The van der Waals surface area contributed by atoms with Gasteiger partial charge in [0, 0.05) is 56.8 Å². The Morgan fingerprint density at radius 1 is 1.24 bits per heavy atom. The molecule has 1 N–H and O–H groups in total. The summed E-state index contributed by atoms with van der Waals surface area (Å²) >= 11 is 0. The standard InChI is InChI=1S/C20H24FN5O2.HI/c1-14-17-11-15(21)3-4-18(17)28-19(14)12-23-20(22-2)26-8-6-25(7-9-26)13-16-5-10-27-24-16;/h3-5,10-11H,6-9,12-13H2,1-2H3,(H,22,23);1H. The van der Waals surface area contributed by atoms with Crippen LogP contribution in [0, 0.1) is 12.7 Å². The van der Waals surface area contributed by atoms with Gasteiger partial charge in [0.15, 0.2) is 5.96 Å². The van der Waals surface area contributed by atoms with Gasteiger partial charge in [-0.15, -0.1) is 24.0 Å². The number of hydrogen-bond donors (Lipinski definition) is 1. The lowest BCUT2D eigenvalue weighted by molar-refractivity contribution is 0.169. The summed E-state index contributed by atoms with van der Waals surface area (Å²) in [5.74, 6) is 1.38. The van der Waals surface area contributed by atoms with Gasteiger partial charge in [-0.05, 0) is 25.1 Å². The van der Waals surface area contributed by atoms with E-state index in [4.69, 9.17) is 8.94 Å². The molecule has 3 heterocycles. The molecule has 0 aliphatic carbocycles. The van der Waals surface area contributed by atoms with E-state index >= 15 is 0 Å². The van der Waals surface area contributed by atoms with Crippen LogP contribution in [0.1, 0.15) is 17.0 Å². The summed E-state index contributed by atoms with van der Waals surface area (Å²) in [4.78, 5) is 8.99. The van der Waals surface area contributed by atoms with Gasteiger partial charge >= 0.3 is 0 Å². The number of guanidine groups is 1. The Balaban J connectivity index is 0.00000240. The number of hydrogen-bond acceptors (Lipinski definition) is 5. The fourth-order valence-corrected chi connectivity index (χ4v) is 3.57. The summed E-state index contributed by atoms with van der Waals surface area (Å²) in [5, 5.41) is 8.16. The van der Waals surface area contributed by atoms with Crippen molar-refractivity contribution < 1.29 is 13.3 Å². The van der Waals surface area contributed by atoms with Crippen LogP contribution in [-0.2, 0) is 13.1 Å². The maximum absolute atomic E-state index is 13.5. The van der Waals surface area contributed by atoms with Gasteiger partial charge < -0.3 is 19.2 Å². The zero-order valence-electron chi connectivity index (χ0n) is 16.5. The Bertz CT molecular complexity index is 965. The monoisotopic (exact) mass is 513 g/mol. The van der Waals surface area contributed by atoms with Crippen molar-refractivity contribution in [3.63, 3.8) is 0 Å². The molecule has 9 heteroatoms. The number of aromatic nitrogens is 1. The van der Waals surface area contributed by atoms with E-state index < -0.39 is 0 Å². The molecule has 1 aliphatic rings. The van der Waals surface area contributed by atoms with Gasteiger partial charge in [-0.25, -0.2) is 4.39 Å². The van der Waals surface area contributed by atoms with Crippen molar-refractivity contribution in [2.45, 2.75) is 20.0 Å². The maximum Gasteiger partial charge on any atom is 0.194 e. The van der Waals surface area contributed by atoms with Crippen LogP contribution >= 0.6 is 24.0 Å². The van der Waals surface area contributed by atoms with E-state index in [1.165, 1.54) is 12.1 Å². The highest BCUT2D eigenvalue weighted by Crippen LogP contribution is 2.25. The largest absolute Gasteiger partial charge is 0.459 e. The molecule has 0 atom stereocenters. The van der Waals surface area contributed by atoms with E-state index in [1.54, 1.807) is 19.4 Å². The molecule has 7 nitrogen and oxygen atoms in total. The van der Waals surface area contributed by atoms with Crippen LogP contribution in [0.2, 0.25) is 0 Å². The van der Waals surface area contributed by atoms with E-state index in [-0.39, 0.29) is 29.8 Å². The molecule has 156 valence electrons. The second-order valence-electron chi connectivity index (χ2n) is 6.95. The highest BCUT2D eigenvalue weighted by molar-refractivity contribution is 14.0. The van der Waals surface area contributed by atoms with E-state index in [2.05, 4.69) is 25.3 Å². The zero-order valence-corrected chi connectivity index (χ0v) is 18.9. The topological polar surface area (TPSA) is 70.0 Å². The lowest BCUT2D eigenvalue weighted by Crippen LogP contribution is -2.52. The van der Waals surface area contributed by atoms with Crippen LogP contribution in [0.4, 0.5) is 4.39 Å². The maximum atomic E-state index is 13.5. The zero-order chi connectivity index (χ0) is 19.5. The molecule has 2 aromatic heterocycles. The van der Waals surface area contributed by atoms with Crippen molar-refractivity contribution in [2.75, 3.05) is 33.2 Å². The van der Waals surface area contributed by atoms with E-state index in [0.29, 0.717) is 12.1 Å². The fourth-order valence-electron chi connectivity index (χ4n) is 3.57. The second-order valence-corrected chi connectivity index (χ2v) is 6.95. The van der Waals surface area contributed by atoms with Crippen molar-refractivity contribution in [1.29, 1.82) is 0 Å². The molecule has 1 aromatic carbocycles. The molecule has 0 spiro atoms. The van der Waals surface area contributed by atoms with E-state index in [9.17, 15) is 4.39 Å². The number of rotatable bonds is 4. The van der Waals surface area contributed by atoms with Crippen molar-refractivity contribution in [2.24, 2.45) is 4.99 Å². The normalized spacial score (nSPS) is 15.6. The van der Waals surface area contributed by atoms with Gasteiger partial charge in [0.05, 0.1) is 12.2 Å². The highest BCUT2D eigenvalue weighted by atomic mass is 127. The molecule has 29 heavy (non-hydrogen) atoms. The first-order chi connectivity index (χ1) is 13.6. The summed E-state index contributed by atoms with van der Waals surface area (Å²) in [6.07, 6.45) is 1.60. The number of benzene rings is 1. The van der Waals surface area contributed by atoms with Gasteiger partial charge in [0.2, 0.25) is 0 Å². The lowest BCUT2D eigenvalue weighted by atomic mass is 10.1. The Kier molecular flexibility index (Phi) is 7.12. The highest BCUT2D eigenvalue weighted by Gasteiger charge is 2.21. The van der Waals surface area contributed by atoms with Crippen molar-refractivity contribution in [3.05, 3.63) is 53.4 Å². The van der Waals surface area contributed by atoms with Crippen molar-refractivity contribution in [1.82, 2.24) is 20.3 Å². The number of fused-ring (bicyclic) bond motifs is 1. The molecule has 1 fully saturated rings. The first-order valence-corrected chi connectivity index (χ1v) is 9.39. The van der Waals surface area contributed by atoms with Gasteiger partial charge in [-0.3, -0.25) is 9.89 Å². The van der Waals surface area contributed by atoms with Crippen LogP contribution in [0.25, 0.3) is 11.0 Å². The molecular weight excluding hydrogens is 488 g/mol. The smallest absolute Gasteiger partial charge is 0.194 e. The Morgan fingerprint density at radius 2 is 2.03 bits per heavy atom. The summed E-state index contributed by atoms with van der Waals surface area (Å²) < 4.78 is 24.3. The number of nitrogens with zero attached hydrogens (tertiary/aromatic N) is 4. The third kappa shape index (κ3) is 4.89. The molecule has 4 rings (SSSR count). The SMILES string of the molecule is CN=C(NCc1oc2ccc(F)cc2c1C)N1CCN(Cc2ccon2)CC1.I. The number of aliphatic imine (C=N–C) groups is 1. The minimum atomic E-state index is -0.254. The van der Waals surface area contributed by atoms with E-state index in [0.717, 1.165) is 61.1 Å². The van der Waals surface area contributed by atoms with Crippen LogP contribution < -0.4 is 5.32 Å². The molecule has 1 aliphatic heterocycles. The van der Waals surface area contributed by atoms with E-state index in [1.807, 2.05) is 13.0 Å². The van der Waals surface area contributed by atoms with Crippen molar-refractivity contribution >= 4 is 40.9 Å². The number of nitrogens with one attached hydrogen (secondary N) is 1. The summed E-state index contributed by atoms with van der Waals surface area (Å²) in [5.41, 5.74) is 2.61. The van der Waals surface area contributed by atoms with Gasteiger partial charge in [-0.1, -0.05) is 5.16 Å². The third-order valence-electron chi connectivity index (χ3n) is 5.16. The molecule has 0 saturated carbocycles. The fraction of sp³-hybridized carbons (Fsp3) is 0.400. The van der Waals surface area contributed by atoms with Crippen LogP contribution in [0.3, 0.4) is 0 Å². The Hall–Kier alpha value is -2.14. The molecule has 0 amide bonds. The summed E-state index contributed by atoms with van der Waals surface area (Å²) in [7, 11) is 1.78. The number of aryl methyl sites for hydroxylation is 1. The first-order valence-electron chi connectivity index (χ1n) is 9.39. The van der Waals surface area contributed by atoms with Crippen molar-refractivity contribution in [3.8, 4) is 0 Å². The molecular formula is C20H25FIN5O2. The second kappa shape index (κ2) is 9.57. The quantitative estimate of drug-likeness (QED) is 0.328. The molecule has 0 unspecified atom stereocenters.